The van der Waals surface area contributed by atoms with Gasteiger partial charge in [0.1, 0.15) is 5.82 Å². The molecule has 0 saturated carbocycles. The average molecular weight is 315 g/mol. The van der Waals surface area contributed by atoms with Gasteiger partial charge in [-0.2, -0.15) is 0 Å². The maximum Gasteiger partial charge on any atom is 0.251 e. The summed E-state index contributed by atoms with van der Waals surface area (Å²) in [7, 11) is 4.07. The standard InChI is InChI=1S/C18H22FN3O/c1-22(2)11-10-20-17-8-6-14(7-9-17)13-21-18(23)15-4-3-5-16(19)12-15/h3-9,12,20H,10-11,13H2,1-2H3,(H,21,23). The zero-order valence-corrected chi connectivity index (χ0v) is 13.5. The highest BCUT2D eigenvalue weighted by Crippen LogP contribution is 2.10. The fourth-order valence-electron chi connectivity index (χ4n) is 2.08. The van der Waals surface area contributed by atoms with Gasteiger partial charge in [-0.1, -0.05) is 18.2 Å². The number of carbonyl (C=O) groups is 1. The van der Waals surface area contributed by atoms with Gasteiger partial charge in [0.05, 0.1) is 0 Å². The molecule has 2 aromatic carbocycles. The number of benzene rings is 2. The maximum atomic E-state index is 13.1. The Bertz CT molecular complexity index is 641. The molecule has 0 unspecified atom stereocenters. The molecule has 122 valence electrons. The van der Waals surface area contributed by atoms with Gasteiger partial charge in [0, 0.05) is 30.9 Å². The summed E-state index contributed by atoms with van der Waals surface area (Å²) < 4.78 is 13.1. The van der Waals surface area contributed by atoms with E-state index >= 15 is 0 Å². The van der Waals surface area contributed by atoms with Crippen molar-refractivity contribution in [3.63, 3.8) is 0 Å². The molecule has 23 heavy (non-hydrogen) atoms. The summed E-state index contributed by atoms with van der Waals surface area (Å²) in [4.78, 5) is 14.1. The summed E-state index contributed by atoms with van der Waals surface area (Å²) in [5, 5.41) is 6.12. The summed E-state index contributed by atoms with van der Waals surface area (Å²) in [5.74, 6) is -0.691. The van der Waals surface area contributed by atoms with Crippen LogP contribution in [0.2, 0.25) is 0 Å². The van der Waals surface area contributed by atoms with Gasteiger partial charge in [-0.15, -0.1) is 0 Å². The number of nitrogens with zero attached hydrogens (tertiary/aromatic N) is 1. The molecule has 0 fully saturated rings. The molecule has 2 aromatic rings. The molecular formula is C18H22FN3O. The van der Waals surface area contributed by atoms with E-state index < -0.39 is 5.82 Å². The van der Waals surface area contributed by atoms with E-state index in [0.717, 1.165) is 24.3 Å². The minimum absolute atomic E-state index is 0.280. The second-order valence-electron chi connectivity index (χ2n) is 5.62. The van der Waals surface area contributed by atoms with Gasteiger partial charge in [-0.3, -0.25) is 4.79 Å². The molecule has 0 saturated heterocycles. The van der Waals surface area contributed by atoms with Crippen LogP contribution in [-0.2, 0) is 6.54 Å². The average Bonchev–Trinajstić information content (AvgIpc) is 2.53. The molecule has 0 aliphatic carbocycles. The largest absolute Gasteiger partial charge is 0.384 e. The van der Waals surface area contributed by atoms with Gasteiger partial charge in [0.25, 0.3) is 5.91 Å². The van der Waals surface area contributed by atoms with Crippen molar-refractivity contribution in [1.29, 1.82) is 0 Å². The summed E-state index contributed by atoms with van der Waals surface area (Å²) in [6, 6.07) is 13.6. The third-order valence-corrected chi connectivity index (χ3v) is 3.38. The van der Waals surface area contributed by atoms with Gasteiger partial charge >= 0.3 is 0 Å². The van der Waals surface area contributed by atoms with Crippen LogP contribution in [-0.4, -0.2) is 38.0 Å². The Morgan fingerprint density at radius 3 is 2.52 bits per heavy atom. The molecular weight excluding hydrogens is 293 g/mol. The van der Waals surface area contributed by atoms with Gasteiger partial charge in [0.15, 0.2) is 0 Å². The molecule has 0 aliphatic heterocycles. The molecule has 2 rings (SSSR count). The predicted molar refractivity (Wildman–Crippen MR) is 91.1 cm³/mol. The van der Waals surface area contributed by atoms with E-state index in [1.807, 2.05) is 38.4 Å². The topological polar surface area (TPSA) is 44.4 Å². The molecule has 0 heterocycles. The van der Waals surface area contributed by atoms with Crippen LogP contribution >= 0.6 is 0 Å². The SMILES string of the molecule is CN(C)CCNc1ccc(CNC(=O)c2cccc(F)c2)cc1. The number of carbonyl (C=O) groups excluding carboxylic acids is 1. The highest BCUT2D eigenvalue weighted by molar-refractivity contribution is 5.94. The van der Waals surface area contributed by atoms with Crippen molar-refractivity contribution in [3.8, 4) is 0 Å². The van der Waals surface area contributed by atoms with Crippen molar-refractivity contribution in [3.05, 3.63) is 65.5 Å². The molecule has 0 bridgehead atoms. The van der Waals surface area contributed by atoms with Gasteiger partial charge < -0.3 is 15.5 Å². The first-order valence-corrected chi connectivity index (χ1v) is 7.56. The number of hydrogen-bond donors (Lipinski definition) is 2. The monoisotopic (exact) mass is 315 g/mol. The van der Waals surface area contributed by atoms with Crippen LogP contribution in [0.25, 0.3) is 0 Å². The van der Waals surface area contributed by atoms with Crippen molar-refractivity contribution >= 4 is 11.6 Å². The van der Waals surface area contributed by atoms with Gasteiger partial charge in [-0.05, 0) is 50.0 Å². The second kappa shape index (κ2) is 8.29. The molecule has 0 aliphatic rings. The van der Waals surface area contributed by atoms with Crippen LogP contribution in [0.4, 0.5) is 10.1 Å². The van der Waals surface area contributed by atoms with Gasteiger partial charge in [-0.25, -0.2) is 4.39 Å². The van der Waals surface area contributed by atoms with E-state index in [0.29, 0.717) is 12.1 Å². The van der Waals surface area contributed by atoms with Crippen LogP contribution in [0.5, 0.6) is 0 Å². The number of anilines is 1. The van der Waals surface area contributed by atoms with E-state index in [-0.39, 0.29) is 5.91 Å². The van der Waals surface area contributed by atoms with Gasteiger partial charge in [0.2, 0.25) is 0 Å². The number of nitrogens with one attached hydrogen (secondary N) is 2. The minimum Gasteiger partial charge on any atom is -0.384 e. The van der Waals surface area contributed by atoms with E-state index in [9.17, 15) is 9.18 Å². The fourth-order valence-corrected chi connectivity index (χ4v) is 2.08. The van der Waals surface area contributed by atoms with Crippen LogP contribution in [0.3, 0.4) is 0 Å². The molecule has 0 aromatic heterocycles. The van der Waals surface area contributed by atoms with E-state index in [4.69, 9.17) is 0 Å². The normalized spacial score (nSPS) is 10.6. The quantitative estimate of drug-likeness (QED) is 0.826. The lowest BCUT2D eigenvalue weighted by atomic mass is 10.1. The molecule has 1 amide bonds. The zero-order valence-electron chi connectivity index (χ0n) is 13.5. The van der Waals surface area contributed by atoms with E-state index in [2.05, 4.69) is 15.5 Å². The maximum absolute atomic E-state index is 13.1. The zero-order chi connectivity index (χ0) is 16.7. The molecule has 0 atom stereocenters. The Morgan fingerprint density at radius 1 is 1.13 bits per heavy atom. The third kappa shape index (κ3) is 5.71. The van der Waals surface area contributed by atoms with Crippen LogP contribution in [0.15, 0.2) is 48.5 Å². The lowest BCUT2D eigenvalue weighted by molar-refractivity contribution is 0.0950. The number of halogens is 1. The van der Waals surface area contributed by atoms with Crippen LogP contribution in [0.1, 0.15) is 15.9 Å². The molecule has 4 nitrogen and oxygen atoms in total. The second-order valence-corrected chi connectivity index (χ2v) is 5.62. The van der Waals surface area contributed by atoms with E-state index in [1.54, 1.807) is 6.07 Å². The summed E-state index contributed by atoms with van der Waals surface area (Å²) in [6.45, 7) is 2.25. The Labute approximate surface area is 136 Å². The summed E-state index contributed by atoms with van der Waals surface area (Å²) in [5.41, 5.74) is 2.37. The molecule has 0 spiro atoms. The van der Waals surface area contributed by atoms with Crippen molar-refractivity contribution in [2.75, 3.05) is 32.5 Å². The van der Waals surface area contributed by atoms with Crippen molar-refractivity contribution in [2.24, 2.45) is 0 Å². The lowest BCUT2D eigenvalue weighted by Gasteiger charge is -2.12. The summed E-state index contributed by atoms with van der Waals surface area (Å²) in [6.07, 6.45) is 0. The molecule has 5 heteroatoms. The Hall–Kier alpha value is -2.40. The van der Waals surface area contributed by atoms with Crippen LogP contribution < -0.4 is 10.6 Å². The minimum atomic E-state index is -0.411. The van der Waals surface area contributed by atoms with Crippen molar-refractivity contribution in [1.82, 2.24) is 10.2 Å². The number of likely N-dealkylation sites (N-methyl/N-ethyl adjacent to an activating group) is 1. The number of rotatable bonds is 7. The van der Waals surface area contributed by atoms with Crippen LogP contribution in [0, 0.1) is 5.82 Å². The smallest absolute Gasteiger partial charge is 0.251 e. The highest BCUT2D eigenvalue weighted by atomic mass is 19.1. The fraction of sp³-hybridized carbons (Fsp3) is 0.278. The first-order chi connectivity index (χ1) is 11.0. The third-order valence-electron chi connectivity index (χ3n) is 3.38. The van der Waals surface area contributed by atoms with E-state index in [1.165, 1.54) is 18.2 Å². The first kappa shape index (κ1) is 17.0. The van der Waals surface area contributed by atoms with Crippen molar-refractivity contribution < 1.29 is 9.18 Å². The number of hydrogen-bond acceptors (Lipinski definition) is 3. The van der Waals surface area contributed by atoms with Crippen molar-refractivity contribution in [2.45, 2.75) is 6.54 Å². The highest BCUT2D eigenvalue weighted by Gasteiger charge is 2.06. The Morgan fingerprint density at radius 2 is 1.87 bits per heavy atom. The lowest BCUT2D eigenvalue weighted by Crippen LogP contribution is -2.23. The first-order valence-electron chi connectivity index (χ1n) is 7.56. The summed E-state index contributed by atoms with van der Waals surface area (Å²) >= 11 is 0. The Balaban J connectivity index is 1.83. The molecule has 0 radical (unpaired) electrons. The predicted octanol–water partition coefficient (Wildman–Crippen LogP) is 2.73. The Kier molecular flexibility index (Phi) is 6.11. The molecule has 2 N–H and O–H groups in total. The number of amides is 1.